The number of carbonyl (C=O) groups is 1. The smallest absolute Gasteiger partial charge is 0.481 e. The average molecular weight is 395 g/mol. The van der Waals surface area contributed by atoms with Crippen LogP contribution in [0.25, 0.3) is 0 Å². The molecule has 1 atom stereocenters. The first-order chi connectivity index (χ1) is 11.7. The first kappa shape index (κ1) is 20.8. The van der Waals surface area contributed by atoms with Crippen LogP contribution < -0.4 is 0 Å². The second kappa shape index (κ2) is 6.58. The van der Waals surface area contributed by atoms with Crippen molar-refractivity contribution in [3.63, 3.8) is 0 Å². The normalized spacial score (nSPS) is 24.3. The fourth-order valence-corrected chi connectivity index (χ4v) is 4.64. The first-order valence-corrected chi connectivity index (χ1v) is 9.91. The summed E-state index contributed by atoms with van der Waals surface area (Å²) in [5.74, 6) is -1.26. The van der Waals surface area contributed by atoms with Crippen molar-refractivity contribution in [2.75, 3.05) is 0 Å². The van der Waals surface area contributed by atoms with Crippen LogP contribution in [0, 0.1) is 10.8 Å². The molecule has 0 bridgehead atoms. The number of halogens is 3. The van der Waals surface area contributed by atoms with Gasteiger partial charge in [-0.3, -0.25) is 9.10 Å². The predicted molar refractivity (Wildman–Crippen MR) is 90.4 cm³/mol. The van der Waals surface area contributed by atoms with Crippen LogP contribution in [0.5, 0.6) is 0 Å². The molecule has 148 valence electrons. The Morgan fingerprint density at radius 2 is 1.73 bits per heavy atom. The zero-order valence-corrected chi connectivity index (χ0v) is 15.8. The number of rotatable bonds is 3. The van der Waals surface area contributed by atoms with E-state index in [1.807, 2.05) is 20.8 Å². The number of hydrogen-bond donors (Lipinski definition) is 1. The Balaban J connectivity index is 2.65. The van der Waals surface area contributed by atoms with E-state index < -0.39 is 38.4 Å². The zero-order valence-electron chi connectivity index (χ0n) is 15.0. The molecule has 0 aromatic carbocycles. The van der Waals surface area contributed by atoms with Gasteiger partial charge in [0.05, 0.1) is 11.5 Å². The van der Waals surface area contributed by atoms with Gasteiger partial charge in [0.1, 0.15) is 0 Å². The van der Waals surface area contributed by atoms with Crippen molar-refractivity contribution in [3.05, 3.63) is 23.9 Å². The largest absolute Gasteiger partial charge is 0.516 e. The van der Waals surface area contributed by atoms with Gasteiger partial charge in [-0.2, -0.15) is 21.6 Å². The minimum Gasteiger partial charge on any atom is -0.481 e. The molecule has 5 nitrogen and oxygen atoms in total. The molecule has 1 aliphatic carbocycles. The molecule has 1 aliphatic heterocycles. The molecule has 0 aromatic heterocycles. The van der Waals surface area contributed by atoms with Crippen LogP contribution in [0.4, 0.5) is 13.2 Å². The number of carboxylic acid groups (broad SMARTS) is 1. The lowest BCUT2D eigenvalue weighted by Crippen LogP contribution is -2.55. The second-order valence-electron chi connectivity index (χ2n) is 7.94. The van der Waals surface area contributed by atoms with Crippen LogP contribution >= 0.6 is 0 Å². The van der Waals surface area contributed by atoms with Gasteiger partial charge in [0.15, 0.2) is 0 Å². The summed E-state index contributed by atoms with van der Waals surface area (Å²) in [6.07, 6.45) is 5.70. The van der Waals surface area contributed by atoms with E-state index >= 15 is 0 Å². The fourth-order valence-electron chi connectivity index (χ4n) is 3.62. The molecule has 0 amide bonds. The molecule has 0 spiro atoms. The summed E-state index contributed by atoms with van der Waals surface area (Å²) in [6.45, 7) is 5.51. The van der Waals surface area contributed by atoms with Gasteiger partial charge in [0.2, 0.25) is 0 Å². The number of sulfonamides is 1. The van der Waals surface area contributed by atoms with E-state index in [2.05, 4.69) is 0 Å². The molecule has 1 unspecified atom stereocenters. The average Bonchev–Trinajstić information content (AvgIpc) is 2.52. The van der Waals surface area contributed by atoms with Crippen molar-refractivity contribution in [1.29, 1.82) is 0 Å². The number of hydrogen-bond acceptors (Lipinski definition) is 3. The summed E-state index contributed by atoms with van der Waals surface area (Å²) < 4.78 is 64.0. The van der Waals surface area contributed by atoms with Crippen molar-refractivity contribution < 1.29 is 31.5 Å². The number of aliphatic carboxylic acids is 1. The van der Waals surface area contributed by atoms with Crippen molar-refractivity contribution >= 4 is 16.0 Å². The summed E-state index contributed by atoms with van der Waals surface area (Å²) in [5, 5.41) is 9.86. The third-order valence-corrected chi connectivity index (χ3v) is 6.68. The number of alkyl halides is 3. The van der Waals surface area contributed by atoms with Gasteiger partial charge in [-0.05, 0) is 29.9 Å². The van der Waals surface area contributed by atoms with E-state index in [0.29, 0.717) is 18.4 Å². The molecule has 2 rings (SSSR count). The van der Waals surface area contributed by atoms with Crippen LogP contribution in [-0.4, -0.2) is 35.3 Å². The first-order valence-electron chi connectivity index (χ1n) is 8.47. The molecule has 1 saturated carbocycles. The molecule has 2 aliphatic rings. The molecule has 26 heavy (non-hydrogen) atoms. The molecule has 9 heteroatoms. The van der Waals surface area contributed by atoms with E-state index in [9.17, 15) is 31.5 Å². The second-order valence-corrected chi connectivity index (χ2v) is 9.77. The molecule has 1 N–H and O–H groups in total. The standard InChI is InChI=1S/C17H24F3NO4S/c1-15(2,3)12-7-10-21(26(24,25)17(18,19)20)13(11-12)16(14(22)23)8-5-4-6-9-16/h7,10-11,13H,4-6,8-9H2,1-3H3,(H,22,23). The summed E-state index contributed by atoms with van der Waals surface area (Å²) in [7, 11) is -5.70. The maximum Gasteiger partial charge on any atom is 0.516 e. The Labute approximate surface area is 151 Å². The Bertz CT molecular complexity index is 726. The summed E-state index contributed by atoms with van der Waals surface area (Å²) in [6, 6.07) is -1.41. The highest BCUT2D eigenvalue weighted by molar-refractivity contribution is 7.90. The minimum atomic E-state index is -5.70. The summed E-state index contributed by atoms with van der Waals surface area (Å²) in [4.78, 5) is 12.1. The van der Waals surface area contributed by atoms with Crippen LogP contribution in [-0.2, 0) is 14.8 Å². The highest BCUT2D eigenvalue weighted by Crippen LogP contribution is 2.47. The van der Waals surface area contributed by atoms with Crippen molar-refractivity contribution in [2.24, 2.45) is 10.8 Å². The lowest BCUT2D eigenvalue weighted by molar-refractivity contribution is -0.153. The number of carboxylic acids is 1. The van der Waals surface area contributed by atoms with Gasteiger partial charge in [0.25, 0.3) is 0 Å². The number of allylic oxidation sites excluding steroid dienone is 2. The molecular formula is C17H24F3NO4S. The molecule has 0 aromatic rings. The quantitative estimate of drug-likeness (QED) is 0.783. The Morgan fingerprint density at radius 1 is 1.19 bits per heavy atom. The highest BCUT2D eigenvalue weighted by Gasteiger charge is 2.57. The Kier molecular flexibility index (Phi) is 5.26. The van der Waals surface area contributed by atoms with Crippen LogP contribution in [0.2, 0.25) is 0 Å². The molecule has 0 saturated heterocycles. The van der Waals surface area contributed by atoms with E-state index in [1.54, 1.807) is 0 Å². The topological polar surface area (TPSA) is 74.7 Å². The fraction of sp³-hybridized carbons (Fsp3) is 0.706. The summed E-state index contributed by atoms with van der Waals surface area (Å²) in [5.41, 5.74) is -6.92. The van der Waals surface area contributed by atoms with Gasteiger partial charge in [-0.15, -0.1) is 0 Å². The maximum absolute atomic E-state index is 13.2. The third-order valence-electron chi connectivity index (χ3n) is 5.19. The van der Waals surface area contributed by atoms with Crippen molar-refractivity contribution in [2.45, 2.75) is 64.4 Å². The van der Waals surface area contributed by atoms with Crippen LogP contribution in [0.3, 0.4) is 0 Å². The molecular weight excluding hydrogens is 371 g/mol. The lowest BCUT2D eigenvalue weighted by atomic mass is 9.67. The molecule has 1 heterocycles. The van der Waals surface area contributed by atoms with Gasteiger partial charge in [-0.1, -0.05) is 46.1 Å². The monoisotopic (exact) mass is 395 g/mol. The SMILES string of the molecule is CC(C)(C)C1=CC(C2(C(=O)O)CCCCC2)N(S(=O)(=O)C(F)(F)F)C=C1. The van der Waals surface area contributed by atoms with E-state index in [0.717, 1.165) is 12.6 Å². The van der Waals surface area contributed by atoms with Gasteiger partial charge >= 0.3 is 21.5 Å². The lowest BCUT2D eigenvalue weighted by Gasteiger charge is -2.45. The van der Waals surface area contributed by atoms with Gasteiger partial charge in [-0.25, -0.2) is 0 Å². The van der Waals surface area contributed by atoms with Gasteiger partial charge < -0.3 is 5.11 Å². The van der Waals surface area contributed by atoms with Crippen LogP contribution in [0.1, 0.15) is 52.9 Å². The Hall–Kier alpha value is -1.51. The zero-order chi connectivity index (χ0) is 20.0. The van der Waals surface area contributed by atoms with E-state index in [4.69, 9.17) is 0 Å². The Morgan fingerprint density at radius 3 is 2.15 bits per heavy atom. The third kappa shape index (κ3) is 3.50. The molecule has 1 fully saturated rings. The highest BCUT2D eigenvalue weighted by atomic mass is 32.2. The van der Waals surface area contributed by atoms with Gasteiger partial charge in [0, 0.05) is 6.20 Å². The molecule has 0 radical (unpaired) electrons. The van der Waals surface area contributed by atoms with Crippen molar-refractivity contribution in [3.8, 4) is 0 Å². The van der Waals surface area contributed by atoms with Crippen molar-refractivity contribution in [1.82, 2.24) is 4.31 Å². The maximum atomic E-state index is 13.2. The van der Waals surface area contributed by atoms with Crippen LogP contribution in [0.15, 0.2) is 23.9 Å². The van der Waals surface area contributed by atoms with E-state index in [1.165, 1.54) is 12.2 Å². The van der Waals surface area contributed by atoms with E-state index in [-0.39, 0.29) is 17.1 Å². The summed E-state index contributed by atoms with van der Waals surface area (Å²) >= 11 is 0. The minimum absolute atomic E-state index is 0.138. The number of nitrogens with zero attached hydrogens (tertiary/aromatic N) is 1. The predicted octanol–water partition coefficient (Wildman–Crippen LogP) is 4.04.